The molecule has 0 radical (unpaired) electrons. The van der Waals surface area contributed by atoms with Crippen LogP contribution < -0.4 is 10.1 Å². The molecule has 0 aliphatic carbocycles. The largest absolute Gasteiger partial charge is 0.491 e. The van der Waals surface area contributed by atoms with Gasteiger partial charge in [0, 0.05) is 51.9 Å². The van der Waals surface area contributed by atoms with Crippen molar-refractivity contribution in [1.82, 2.24) is 9.80 Å². The number of anilines is 1. The van der Waals surface area contributed by atoms with Gasteiger partial charge in [-0.2, -0.15) is 13.2 Å². The van der Waals surface area contributed by atoms with Crippen molar-refractivity contribution >= 4 is 17.5 Å². The minimum Gasteiger partial charge on any atom is -0.491 e. The van der Waals surface area contributed by atoms with E-state index in [1.165, 1.54) is 12.0 Å². The topological polar surface area (TPSA) is 71.1 Å². The first-order valence-corrected chi connectivity index (χ1v) is 11.1. The standard InChI is InChI=1S/C23H34F3N3O4/c1-6-21(30)27-17-7-8-19-18(11-17)22(31)28(4)13-20(32-5)15(2)12-29(16(3)14-33-19)10-9-23(24,25)26/h7-8,11,15-16,20H,6,9-10,12-14H2,1-5H3,(H,27,30)/t15-,16+,20+/m0/s1. The SMILES string of the molecule is CCC(=O)Nc1ccc2c(c1)C(=O)N(C)C[C@@H](OC)[C@@H](C)CN(CCC(F)(F)F)[C@H](C)CO2. The first kappa shape index (κ1) is 26.9. The highest BCUT2D eigenvalue weighted by Gasteiger charge is 2.32. The first-order valence-electron chi connectivity index (χ1n) is 11.1. The van der Waals surface area contributed by atoms with Crippen molar-refractivity contribution in [2.24, 2.45) is 5.92 Å². The molecule has 0 saturated carbocycles. The summed E-state index contributed by atoms with van der Waals surface area (Å²) < 4.78 is 50.3. The Balaban J connectivity index is 2.39. The fraction of sp³-hybridized carbons (Fsp3) is 0.652. The Labute approximate surface area is 193 Å². The Morgan fingerprint density at radius 3 is 2.58 bits per heavy atom. The van der Waals surface area contributed by atoms with Gasteiger partial charge in [0.2, 0.25) is 5.91 Å². The van der Waals surface area contributed by atoms with Crippen LogP contribution in [0.25, 0.3) is 0 Å². The summed E-state index contributed by atoms with van der Waals surface area (Å²) in [5.41, 5.74) is 0.734. The summed E-state index contributed by atoms with van der Waals surface area (Å²) in [6, 6.07) is 4.47. The minimum atomic E-state index is -4.26. The molecule has 0 aromatic heterocycles. The van der Waals surface area contributed by atoms with Crippen molar-refractivity contribution in [3.8, 4) is 5.75 Å². The van der Waals surface area contributed by atoms with Gasteiger partial charge in [0.25, 0.3) is 5.91 Å². The zero-order chi connectivity index (χ0) is 24.8. The average molecular weight is 474 g/mol. The van der Waals surface area contributed by atoms with Gasteiger partial charge in [0.1, 0.15) is 12.4 Å². The number of carbonyl (C=O) groups excluding carboxylic acids is 2. The molecule has 7 nitrogen and oxygen atoms in total. The molecule has 0 bridgehead atoms. The summed E-state index contributed by atoms with van der Waals surface area (Å²) in [7, 11) is 3.17. The molecule has 186 valence electrons. The fourth-order valence-electron chi connectivity index (χ4n) is 3.76. The molecule has 0 spiro atoms. The van der Waals surface area contributed by atoms with E-state index in [0.29, 0.717) is 24.4 Å². The predicted molar refractivity (Wildman–Crippen MR) is 119 cm³/mol. The smallest absolute Gasteiger partial charge is 0.390 e. The Hall–Kier alpha value is -2.33. The van der Waals surface area contributed by atoms with Gasteiger partial charge in [-0.25, -0.2) is 0 Å². The lowest BCUT2D eigenvalue weighted by Crippen LogP contribution is -2.47. The summed E-state index contributed by atoms with van der Waals surface area (Å²) in [6.07, 6.45) is -5.25. The molecule has 2 rings (SSSR count). The molecule has 1 heterocycles. The van der Waals surface area contributed by atoms with Crippen molar-refractivity contribution in [2.75, 3.05) is 45.7 Å². The van der Waals surface area contributed by atoms with Crippen molar-refractivity contribution < 1.29 is 32.2 Å². The van der Waals surface area contributed by atoms with Gasteiger partial charge in [-0.15, -0.1) is 0 Å². The van der Waals surface area contributed by atoms with Crippen LogP contribution in [0, 0.1) is 5.92 Å². The number of ether oxygens (including phenoxy) is 2. The van der Waals surface area contributed by atoms with Crippen molar-refractivity contribution in [1.29, 1.82) is 0 Å². The lowest BCUT2D eigenvalue weighted by molar-refractivity contribution is -0.140. The Morgan fingerprint density at radius 1 is 1.27 bits per heavy atom. The number of rotatable bonds is 5. The summed E-state index contributed by atoms with van der Waals surface area (Å²) in [6.45, 7) is 6.01. The van der Waals surface area contributed by atoms with Gasteiger partial charge in [0.05, 0.1) is 18.1 Å². The van der Waals surface area contributed by atoms with Gasteiger partial charge in [-0.05, 0) is 31.0 Å². The summed E-state index contributed by atoms with van der Waals surface area (Å²) in [5.74, 6) is -0.303. The maximum Gasteiger partial charge on any atom is 0.390 e. The summed E-state index contributed by atoms with van der Waals surface area (Å²) >= 11 is 0. The van der Waals surface area contributed by atoms with Crippen molar-refractivity contribution in [3.05, 3.63) is 23.8 Å². The number of carbonyl (C=O) groups is 2. The van der Waals surface area contributed by atoms with Crippen LogP contribution in [0.2, 0.25) is 0 Å². The molecule has 1 aliphatic rings. The second kappa shape index (κ2) is 11.7. The molecular weight excluding hydrogens is 439 g/mol. The van der Waals surface area contributed by atoms with E-state index < -0.39 is 12.6 Å². The Bertz CT molecular complexity index is 819. The van der Waals surface area contributed by atoms with E-state index >= 15 is 0 Å². The van der Waals surface area contributed by atoms with Gasteiger partial charge in [0.15, 0.2) is 0 Å². The Kier molecular flexibility index (Phi) is 9.54. The molecule has 1 N–H and O–H groups in total. The van der Waals surface area contributed by atoms with Crippen LogP contribution >= 0.6 is 0 Å². The molecule has 1 aromatic rings. The number of methoxy groups -OCH3 is 1. The number of nitrogens with one attached hydrogen (secondary N) is 1. The number of amides is 2. The number of fused-ring (bicyclic) bond motifs is 1. The van der Waals surface area contributed by atoms with Gasteiger partial charge in [-0.1, -0.05) is 13.8 Å². The molecule has 10 heteroatoms. The number of halogens is 3. The highest BCUT2D eigenvalue weighted by atomic mass is 19.4. The van der Waals surface area contributed by atoms with E-state index in [-0.39, 0.29) is 55.1 Å². The number of hydrogen-bond acceptors (Lipinski definition) is 5. The third kappa shape index (κ3) is 7.89. The molecule has 0 fully saturated rings. The number of likely N-dealkylation sites (N-methyl/N-ethyl adjacent to an activating group) is 1. The van der Waals surface area contributed by atoms with E-state index in [1.54, 1.807) is 44.0 Å². The van der Waals surface area contributed by atoms with Crippen LogP contribution in [-0.4, -0.2) is 80.3 Å². The van der Waals surface area contributed by atoms with Crippen LogP contribution in [0.15, 0.2) is 18.2 Å². The summed E-state index contributed by atoms with van der Waals surface area (Å²) in [5, 5.41) is 2.73. The number of benzene rings is 1. The number of alkyl halides is 3. The van der Waals surface area contributed by atoms with Gasteiger partial charge >= 0.3 is 6.18 Å². The van der Waals surface area contributed by atoms with Gasteiger partial charge < -0.3 is 19.7 Å². The number of nitrogens with zero attached hydrogens (tertiary/aromatic N) is 2. The Morgan fingerprint density at radius 2 is 1.97 bits per heavy atom. The third-order valence-corrected chi connectivity index (χ3v) is 5.86. The van der Waals surface area contributed by atoms with Crippen LogP contribution in [0.5, 0.6) is 5.75 Å². The zero-order valence-corrected chi connectivity index (χ0v) is 19.9. The van der Waals surface area contributed by atoms with Crippen LogP contribution in [0.4, 0.5) is 18.9 Å². The van der Waals surface area contributed by atoms with Gasteiger partial charge in [-0.3, -0.25) is 14.5 Å². The fourth-order valence-corrected chi connectivity index (χ4v) is 3.76. The van der Waals surface area contributed by atoms with Crippen LogP contribution in [-0.2, 0) is 9.53 Å². The molecule has 0 unspecified atom stereocenters. The highest BCUT2D eigenvalue weighted by Crippen LogP contribution is 2.27. The van der Waals surface area contributed by atoms with E-state index in [9.17, 15) is 22.8 Å². The average Bonchev–Trinajstić information content (AvgIpc) is 2.76. The maximum absolute atomic E-state index is 13.2. The van der Waals surface area contributed by atoms with Crippen LogP contribution in [0.1, 0.15) is 44.0 Å². The molecule has 33 heavy (non-hydrogen) atoms. The van der Waals surface area contributed by atoms with E-state index in [4.69, 9.17) is 9.47 Å². The molecule has 2 amide bonds. The molecule has 1 aliphatic heterocycles. The molecule has 1 aromatic carbocycles. The monoisotopic (exact) mass is 473 g/mol. The van der Waals surface area contributed by atoms with E-state index in [0.717, 1.165) is 0 Å². The quantitative estimate of drug-likeness (QED) is 0.705. The second-order valence-corrected chi connectivity index (χ2v) is 8.57. The second-order valence-electron chi connectivity index (χ2n) is 8.57. The number of hydrogen-bond donors (Lipinski definition) is 1. The molecular formula is C23H34F3N3O4. The molecule has 0 saturated heterocycles. The van der Waals surface area contributed by atoms with Crippen molar-refractivity contribution in [3.63, 3.8) is 0 Å². The highest BCUT2D eigenvalue weighted by molar-refractivity contribution is 5.99. The van der Waals surface area contributed by atoms with Crippen molar-refractivity contribution in [2.45, 2.75) is 51.9 Å². The molecule has 3 atom stereocenters. The van der Waals surface area contributed by atoms with E-state index in [2.05, 4.69) is 5.32 Å². The van der Waals surface area contributed by atoms with Crippen LogP contribution in [0.3, 0.4) is 0 Å². The third-order valence-electron chi connectivity index (χ3n) is 5.86. The zero-order valence-electron chi connectivity index (χ0n) is 19.9. The lowest BCUT2D eigenvalue weighted by Gasteiger charge is -2.36. The minimum absolute atomic E-state index is 0.104. The van der Waals surface area contributed by atoms with E-state index in [1.807, 2.05) is 6.92 Å². The summed E-state index contributed by atoms with van der Waals surface area (Å²) in [4.78, 5) is 28.3. The maximum atomic E-state index is 13.2. The lowest BCUT2D eigenvalue weighted by atomic mass is 10.0. The predicted octanol–water partition coefficient (Wildman–Crippen LogP) is 3.79. The first-order chi connectivity index (χ1) is 15.4. The normalized spacial score (nSPS) is 23.2.